The van der Waals surface area contributed by atoms with Crippen molar-refractivity contribution >= 4 is 13.3 Å². The van der Waals surface area contributed by atoms with Crippen molar-refractivity contribution in [1.29, 1.82) is 0 Å². The van der Waals surface area contributed by atoms with Crippen molar-refractivity contribution in [3.63, 3.8) is 0 Å². The Labute approximate surface area is 186 Å². The Hall–Kier alpha value is 0.501. The van der Waals surface area contributed by atoms with E-state index in [0.29, 0.717) is 0 Å². The maximum atomic E-state index is 2.60. The van der Waals surface area contributed by atoms with Crippen molar-refractivity contribution in [2.75, 3.05) is 0 Å². The number of allylic oxidation sites excluding steroid dienone is 4. The Kier molecular flexibility index (Phi) is 12.6. The van der Waals surface area contributed by atoms with Gasteiger partial charge in [-0.15, -0.1) is 0 Å². The predicted molar refractivity (Wildman–Crippen MR) is 96.6 cm³/mol. The Balaban J connectivity index is 0. The molecular weight excluding hydrogens is 423 g/mol. The van der Waals surface area contributed by atoms with Gasteiger partial charge in [-0.2, -0.15) is 0 Å². The summed E-state index contributed by atoms with van der Waals surface area (Å²) in [5.41, 5.74) is 1.88. The van der Waals surface area contributed by atoms with Crippen molar-refractivity contribution in [1.82, 2.24) is 0 Å². The van der Waals surface area contributed by atoms with Gasteiger partial charge in [0.1, 0.15) is 0 Å². The minimum Gasteiger partial charge on any atom is -1.00 e. The van der Waals surface area contributed by atoms with Crippen molar-refractivity contribution in [3.05, 3.63) is 51.1 Å². The molecule has 0 radical (unpaired) electrons. The van der Waals surface area contributed by atoms with Gasteiger partial charge in [0.05, 0.1) is 0 Å². The van der Waals surface area contributed by atoms with Crippen LogP contribution < -0.4 is 42.4 Å². The first-order chi connectivity index (χ1) is 10.3. The third-order valence-corrected chi connectivity index (χ3v) is 10.6. The van der Waals surface area contributed by atoms with E-state index in [1.165, 1.54) is 18.9 Å². The van der Waals surface area contributed by atoms with Crippen LogP contribution in [0.1, 0.15) is 47.0 Å². The standard InChI is InChI=1S/C20H29Si.3ClH.Ti/c1-6-7-16-21(5,17-12-9-8-10-13-17)19-15-11-14-18(19)20(2,3)4;;;;/h8-10,12-14H,6-7,11,16H2,1-5H3;3*1H;/q;;;;+3/p-3. The first-order valence-corrected chi connectivity index (χ1v) is 12.0. The zero-order valence-electron chi connectivity index (χ0n) is 15.9. The zero-order valence-corrected chi connectivity index (χ0v) is 20.8. The molecule has 1 aliphatic rings. The molecule has 0 aromatic heterocycles. The van der Waals surface area contributed by atoms with Crippen LogP contribution in [0.3, 0.4) is 0 Å². The Morgan fingerprint density at radius 2 is 1.60 bits per heavy atom. The fraction of sp³-hybridized carbons (Fsp3) is 0.500. The number of unbranched alkanes of at least 4 members (excludes halogenated alkanes) is 1. The van der Waals surface area contributed by atoms with Crippen LogP contribution in [0.15, 0.2) is 51.1 Å². The summed E-state index contributed by atoms with van der Waals surface area (Å²) in [6.07, 6.45) is 6.29. The number of halogens is 3. The fourth-order valence-electron chi connectivity index (χ4n) is 3.63. The molecule has 0 saturated heterocycles. The van der Waals surface area contributed by atoms with Crippen LogP contribution in [0, 0.1) is 5.41 Å². The SMILES string of the molecule is CCCC[Si](C)(C1=[C]([Ti+3])CC=C1C(C)(C)C)c1ccccc1.[Cl-].[Cl-].[Cl-]. The molecule has 0 bridgehead atoms. The first-order valence-electron chi connectivity index (χ1n) is 8.52. The number of hydrogen-bond acceptors (Lipinski definition) is 0. The van der Waals surface area contributed by atoms with E-state index >= 15 is 0 Å². The van der Waals surface area contributed by atoms with Crippen LogP contribution in [0.25, 0.3) is 0 Å². The predicted octanol–water partition coefficient (Wildman–Crippen LogP) is -3.50. The van der Waals surface area contributed by atoms with E-state index in [1.807, 2.05) is 0 Å². The second-order valence-electron chi connectivity index (χ2n) is 7.73. The molecule has 0 aliphatic heterocycles. The zero-order chi connectivity index (χ0) is 16.4. The molecule has 1 aliphatic carbocycles. The van der Waals surface area contributed by atoms with Crippen LogP contribution in [0.4, 0.5) is 0 Å². The van der Waals surface area contributed by atoms with Gasteiger partial charge in [-0.1, -0.05) is 0 Å². The molecule has 1 aromatic carbocycles. The van der Waals surface area contributed by atoms with Gasteiger partial charge < -0.3 is 37.2 Å². The summed E-state index contributed by atoms with van der Waals surface area (Å²) in [7, 11) is -1.64. The monoisotopic (exact) mass is 450 g/mol. The Morgan fingerprint density at radius 1 is 1.04 bits per heavy atom. The molecule has 1 aromatic rings. The summed E-state index contributed by atoms with van der Waals surface area (Å²) in [6.45, 7) is 12.0. The second kappa shape index (κ2) is 11.4. The maximum absolute atomic E-state index is 2.60. The first kappa shape index (κ1) is 27.7. The van der Waals surface area contributed by atoms with E-state index < -0.39 is 8.07 Å². The molecule has 0 fully saturated rings. The van der Waals surface area contributed by atoms with Crippen LogP contribution >= 0.6 is 0 Å². The molecule has 25 heavy (non-hydrogen) atoms. The quantitative estimate of drug-likeness (QED) is 0.408. The Bertz CT molecular complexity index is 591. The minimum absolute atomic E-state index is 0. The van der Waals surface area contributed by atoms with Gasteiger partial charge in [-0.25, -0.2) is 0 Å². The smallest absolute Gasteiger partial charge is 1.00 e. The van der Waals surface area contributed by atoms with Gasteiger partial charge in [0, 0.05) is 0 Å². The molecule has 0 spiro atoms. The summed E-state index contributed by atoms with van der Waals surface area (Å²) in [6, 6.07) is 12.7. The maximum Gasteiger partial charge on any atom is -1.00 e. The molecule has 2 rings (SSSR count). The molecular formula is C20H29Cl3SiTi. The van der Waals surface area contributed by atoms with Gasteiger partial charge in [0.2, 0.25) is 0 Å². The van der Waals surface area contributed by atoms with E-state index in [0.717, 1.165) is 6.42 Å². The molecule has 0 amide bonds. The normalized spacial score (nSPS) is 16.2. The molecule has 1 unspecified atom stereocenters. The average molecular weight is 452 g/mol. The molecule has 1 atom stereocenters. The van der Waals surface area contributed by atoms with Gasteiger partial charge in [0.25, 0.3) is 0 Å². The van der Waals surface area contributed by atoms with E-state index in [4.69, 9.17) is 0 Å². The van der Waals surface area contributed by atoms with Gasteiger partial charge >= 0.3 is 150 Å². The summed E-state index contributed by atoms with van der Waals surface area (Å²) in [5, 5.41) is 3.36. The molecule has 0 N–H and O–H groups in total. The van der Waals surface area contributed by atoms with E-state index in [9.17, 15) is 0 Å². The number of rotatable bonds is 5. The van der Waals surface area contributed by atoms with Crippen LogP contribution in [-0.2, 0) is 20.4 Å². The summed E-state index contributed by atoms with van der Waals surface area (Å²) in [4.78, 5) is 0. The molecule has 0 nitrogen and oxygen atoms in total. The van der Waals surface area contributed by atoms with Gasteiger partial charge in [0.15, 0.2) is 0 Å². The number of hydrogen-bond donors (Lipinski definition) is 0. The summed E-state index contributed by atoms with van der Waals surface area (Å²) < 4.78 is 1.62. The topological polar surface area (TPSA) is 0 Å². The largest absolute Gasteiger partial charge is 1.00 e. The summed E-state index contributed by atoms with van der Waals surface area (Å²) >= 11 is 2.37. The third kappa shape index (κ3) is 6.26. The molecule has 0 heterocycles. The van der Waals surface area contributed by atoms with E-state index in [2.05, 4.69) is 91.1 Å². The van der Waals surface area contributed by atoms with Crippen molar-refractivity contribution in [2.45, 2.75) is 59.5 Å². The fourth-order valence-corrected chi connectivity index (χ4v) is 9.95. The average Bonchev–Trinajstić information content (AvgIpc) is 2.88. The van der Waals surface area contributed by atoms with Crippen molar-refractivity contribution < 1.29 is 57.7 Å². The van der Waals surface area contributed by atoms with Crippen molar-refractivity contribution in [2.24, 2.45) is 5.41 Å². The number of benzene rings is 1. The second-order valence-corrected chi connectivity index (χ2v) is 12.9. The molecule has 5 heteroatoms. The van der Waals surface area contributed by atoms with E-state index in [1.54, 1.807) is 19.8 Å². The molecule has 138 valence electrons. The van der Waals surface area contributed by atoms with Gasteiger partial charge in [-0.05, 0) is 0 Å². The summed E-state index contributed by atoms with van der Waals surface area (Å²) in [5.74, 6) is 0. The van der Waals surface area contributed by atoms with Gasteiger partial charge in [-0.3, -0.25) is 0 Å². The Morgan fingerprint density at radius 3 is 2.08 bits per heavy atom. The van der Waals surface area contributed by atoms with Crippen LogP contribution in [-0.4, -0.2) is 8.07 Å². The third-order valence-electron chi connectivity index (χ3n) is 4.88. The van der Waals surface area contributed by atoms with Crippen LogP contribution in [0.2, 0.25) is 12.6 Å². The van der Waals surface area contributed by atoms with Crippen molar-refractivity contribution in [3.8, 4) is 0 Å². The van der Waals surface area contributed by atoms with E-state index in [-0.39, 0.29) is 42.6 Å². The minimum atomic E-state index is -1.64. The molecule has 0 saturated carbocycles. The van der Waals surface area contributed by atoms with Crippen LogP contribution in [0.5, 0.6) is 0 Å².